The molecule has 3 aromatic rings. The molecule has 0 unspecified atom stereocenters. The van der Waals surface area contributed by atoms with E-state index in [0.29, 0.717) is 23.2 Å². The molecule has 0 saturated heterocycles. The average Bonchev–Trinajstić information content (AvgIpc) is 2.80. The van der Waals surface area contributed by atoms with Crippen LogP contribution in [0.25, 0.3) is 0 Å². The van der Waals surface area contributed by atoms with E-state index in [2.05, 4.69) is 10.2 Å². The van der Waals surface area contributed by atoms with Gasteiger partial charge in [-0.3, -0.25) is 0 Å². The van der Waals surface area contributed by atoms with Crippen molar-refractivity contribution >= 4 is 34.6 Å². The van der Waals surface area contributed by atoms with Crippen LogP contribution in [0.3, 0.4) is 0 Å². The number of hydrogen-bond acceptors (Lipinski definition) is 4. The van der Waals surface area contributed by atoms with Crippen molar-refractivity contribution in [3.05, 3.63) is 82.9 Å². The number of halogens is 1. The van der Waals surface area contributed by atoms with Crippen LogP contribution in [-0.4, -0.2) is 31.3 Å². The molecule has 0 amide bonds. The maximum absolute atomic E-state index is 6.00. The first-order valence-corrected chi connectivity index (χ1v) is 10.5. The number of methoxy groups -OCH3 is 3. The summed E-state index contributed by atoms with van der Waals surface area (Å²) >= 11 is 11.8. The smallest absolute Gasteiger partial charge is 0.174 e. The third kappa shape index (κ3) is 6.26. The molecule has 0 atom stereocenters. The van der Waals surface area contributed by atoms with Gasteiger partial charge >= 0.3 is 0 Å². The maximum Gasteiger partial charge on any atom is 0.174 e. The van der Waals surface area contributed by atoms with Gasteiger partial charge < -0.3 is 24.4 Å². The van der Waals surface area contributed by atoms with Crippen LogP contribution in [0.15, 0.2) is 66.7 Å². The van der Waals surface area contributed by atoms with Crippen LogP contribution in [0.1, 0.15) is 11.1 Å². The lowest BCUT2D eigenvalue weighted by atomic mass is 10.1. The number of thiocarbonyl (C=S) groups is 1. The third-order valence-electron chi connectivity index (χ3n) is 4.77. The molecule has 0 aliphatic rings. The molecule has 0 aromatic heterocycles. The molecule has 5 nitrogen and oxygen atoms in total. The summed E-state index contributed by atoms with van der Waals surface area (Å²) in [5.41, 5.74) is 2.97. The van der Waals surface area contributed by atoms with Gasteiger partial charge in [0.15, 0.2) is 5.11 Å². The van der Waals surface area contributed by atoms with Crippen molar-refractivity contribution < 1.29 is 14.2 Å². The summed E-state index contributed by atoms with van der Waals surface area (Å²) in [4.78, 5) is 2.08. The van der Waals surface area contributed by atoms with Crippen LogP contribution in [0.5, 0.6) is 17.2 Å². The molecule has 0 saturated carbocycles. The predicted molar refractivity (Wildman–Crippen MR) is 129 cm³/mol. The lowest BCUT2D eigenvalue weighted by Gasteiger charge is -2.27. The molecule has 0 spiro atoms. The Morgan fingerprint density at radius 1 is 0.839 bits per heavy atom. The van der Waals surface area contributed by atoms with Crippen LogP contribution in [0.2, 0.25) is 5.02 Å². The van der Waals surface area contributed by atoms with Gasteiger partial charge in [0.2, 0.25) is 0 Å². The fraction of sp³-hybridized carbons (Fsp3) is 0.208. The lowest BCUT2D eigenvalue weighted by Crippen LogP contribution is -2.34. The third-order valence-corrected chi connectivity index (χ3v) is 5.38. The van der Waals surface area contributed by atoms with Crippen molar-refractivity contribution in [2.75, 3.05) is 26.6 Å². The van der Waals surface area contributed by atoms with E-state index in [0.717, 1.165) is 34.1 Å². The standard InChI is InChI=1S/C24H25ClN2O3S/c1-28-21-11-4-17(5-12-21)15-27(24(31)26-20-9-7-19(25)8-10-20)16-18-6-13-22(29-2)14-23(18)30-3/h4-14H,15-16H2,1-3H3,(H,26,31). The Morgan fingerprint density at radius 3 is 2.10 bits per heavy atom. The van der Waals surface area contributed by atoms with Gasteiger partial charge in [0, 0.05) is 35.4 Å². The topological polar surface area (TPSA) is 43.0 Å². The first kappa shape index (κ1) is 22.7. The highest BCUT2D eigenvalue weighted by molar-refractivity contribution is 7.80. The van der Waals surface area contributed by atoms with Gasteiger partial charge in [0.25, 0.3) is 0 Å². The summed E-state index contributed by atoms with van der Waals surface area (Å²) in [5, 5.41) is 4.57. The second-order valence-electron chi connectivity index (χ2n) is 6.82. The van der Waals surface area contributed by atoms with E-state index in [4.69, 9.17) is 38.0 Å². The monoisotopic (exact) mass is 456 g/mol. The Balaban J connectivity index is 1.85. The van der Waals surface area contributed by atoms with Crippen LogP contribution in [0.4, 0.5) is 5.69 Å². The lowest BCUT2D eigenvalue weighted by molar-refractivity contribution is 0.370. The van der Waals surface area contributed by atoms with E-state index in [-0.39, 0.29) is 0 Å². The van der Waals surface area contributed by atoms with Gasteiger partial charge in [-0.2, -0.15) is 0 Å². The van der Waals surface area contributed by atoms with Crippen LogP contribution >= 0.6 is 23.8 Å². The van der Waals surface area contributed by atoms with Gasteiger partial charge in [-0.05, 0) is 66.3 Å². The van der Waals surface area contributed by atoms with E-state index in [9.17, 15) is 0 Å². The quantitative estimate of drug-likeness (QED) is 0.434. The SMILES string of the molecule is COc1ccc(CN(Cc2ccc(OC)cc2OC)C(=S)Nc2ccc(Cl)cc2)cc1. The van der Waals surface area contributed by atoms with E-state index in [1.807, 2.05) is 66.7 Å². The minimum atomic E-state index is 0.554. The molecular weight excluding hydrogens is 432 g/mol. The van der Waals surface area contributed by atoms with Crippen LogP contribution in [0, 0.1) is 0 Å². The summed E-state index contributed by atoms with van der Waals surface area (Å²) in [7, 11) is 4.94. The van der Waals surface area contributed by atoms with Crippen molar-refractivity contribution in [1.29, 1.82) is 0 Å². The maximum atomic E-state index is 6.00. The molecule has 3 aromatic carbocycles. The second kappa shape index (κ2) is 10.9. The average molecular weight is 457 g/mol. The van der Waals surface area contributed by atoms with E-state index >= 15 is 0 Å². The molecule has 0 radical (unpaired) electrons. The summed E-state index contributed by atoms with van der Waals surface area (Å²) in [6.45, 7) is 1.16. The van der Waals surface area contributed by atoms with Crippen molar-refractivity contribution in [2.45, 2.75) is 13.1 Å². The summed E-state index contributed by atoms with van der Waals surface area (Å²) in [6.07, 6.45) is 0. The molecule has 0 heterocycles. The number of ether oxygens (including phenoxy) is 3. The first-order chi connectivity index (χ1) is 15.0. The summed E-state index contributed by atoms with van der Waals surface area (Å²) < 4.78 is 16.2. The Bertz CT molecular complexity index is 1010. The van der Waals surface area contributed by atoms with Gasteiger partial charge in [0.1, 0.15) is 17.2 Å². The number of nitrogens with one attached hydrogen (secondary N) is 1. The number of nitrogens with zero attached hydrogens (tertiary/aromatic N) is 1. The number of anilines is 1. The molecular formula is C24H25ClN2O3S. The number of benzene rings is 3. The normalized spacial score (nSPS) is 10.3. The number of rotatable bonds is 8. The molecule has 7 heteroatoms. The van der Waals surface area contributed by atoms with Crippen molar-refractivity contribution in [3.63, 3.8) is 0 Å². The molecule has 31 heavy (non-hydrogen) atoms. The van der Waals surface area contributed by atoms with E-state index in [1.54, 1.807) is 21.3 Å². The van der Waals surface area contributed by atoms with Gasteiger partial charge in [-0.25, -0.2) is 0 Å². The molecule has 0 aliphatic heterocycles. The largest absolute Gasteiger partial charge is 0.497 e. The Kier molecular flexibility index (Phi) is 7.98. The van der Waals surface area contributed by atoms with Crippen molar-refractivity contribution in [3.8, 4) is 17.2 Å². The molecule has 0 fully saturated rings. The highest BCUT2D eigenvalue weighted by atomic mass is 35.5. The Morgan fingerprint density at radius 2 is 1.48 bits per heavy atom. The Hall–Kier alpha value is -2.96. The number of hydrogen-bond donors (Lipinski definition) is 1. The highest BCUT2D eigenvalue weighted by Gasteiger charge is 2.15. The van der Waals surface area contributed by atoms with E-state index in [1.165, 1.54) is 0 Å². The highest BCUT2D eigenvalue weighted by Crippen LogP contribution is 2.27. The minimum absolute atomic E-state index is 0.554. The zero-order chi connectivity index (χ0) is 22.2. The summed E-state index contributed by atoms with van der Waals surface area (Å²) in [5.74, 6) is 2.30. The molecule has 0 bridgehead atoms. The minimum Gasteiger partial charge on any atom is -0.497 e. The molecule has 0 aliphatic carbocycles. The van der Waals surface area contributed by atoms with Crippen molar-refractivity contribution in [2.24, 2.45) is 0 Å². The molecule has 162 valence electrons. The van der Waals surface area contributed by atoms with Crippen LogP contribution in [-0.2, 0) is 13.1 Å². The zero-order valence-corrected chi connectivity index (χ0v) is 19.3. The van der Waals surface area contributed by atoms with Gasteiger partial charge in [-0.1, -0.05) is 23.7 Å². The second-order valence-corrected chi connectivity index (χ2v) is 7.64. The predicted octanol–water partition coefficient (Wildman–Crippen LogP) is 5.77. The first-order valence-electron chi connectivity index (χ1n) is 9.67. The molecule has 3 rings (SSSR count). The van der Waals surface area contributed by atoms with Gasteiger partial charge in [-0.15, -0.1) is 0 Å². The van der Waals surface area contributed by atoms with Gasteiger partial charge in [0.05, 0.1) is 21.3 Å². The molecule has 1 N–H and O–H groups in total. The van der Waals surface area contributed by atoms with Crippen LogP contribution < -0.4 is 19.5 Å². The van der Waals surface area contributed by atoms with Crippen molar-refractivity contribution in [1.82, 2.24) is 4.90 Å². The van der Waals surface area contributed by atoms with E-state index < -0.39 is 0 Å². The summed E-state index contributed by atoms with van der Waals surface area (Å²) in [6, 6.07) is 21.2. The fourth-order valence-corrected chi connectivity index (χ4v) is 3.45. The zero-order valence-electron chi connectivity index (χ0n) is 17.7. The Labute approximate surface area is 193 Å². The fourth-order valence-electron chi connectivity index (χ4n) is 3.07.